The van der Waals surface area contributed by atoms with E-state index in [1.807, 2.05) is 36.4 Å². The fourth-order valence-electron chi connectivity index (χ4n) is 7.55. The summed E-state index contributed by atoms with van der Waals surface area (Å²) >= 11 is 0. The highest BCUT2D eigenvalue weighted by Crippen LogP contribution is 2.38. The lowest BCUT2D eigenvalue weighted by Crippen LogP contribution is -2.00. The van der Waals surface area contributed by atoms with E-state index >= 15 is 0 Å². The fourth-order valence-corrected chi connectivity index (χ4v) is 7.55. The normalized spacial score (nSPS) is 11.3. The molecule has 0 radical (unpaired) electrons. The van der Waals surface area contributed by atoms with Gasteiger partial charge in [-0.2, -0.15) is 0 Å². The first-order valence-electron chi connectivity index (χ1n) is 18.5. The van der Waals surface area contributed by atoms with Gasteiger partial charge in [0.05, 0.1) is 16.7 Å². The van der Waals surface area contributed by atoms with Crippen molar-refractivity contribution in [2.75, 3.05) is 0 Å². The quantitative estimate of drug-likeness (QED) is 0.166. The number of aromatic nitrogens is 4. The molecule has 0 aliphatic carbocycles. The van der Waals surface area contributed by atoms with Crippen LogP contribution in [0, 0.1) is 0 Å². The first-order chi connectivity index (χ1) is 27.3. The minimum Gasteiger partial charge on any atom is -0.309 e. The molecule has 10 rings (SSSR count). The van der Waals surface area contributed by atoms with E-state index in [2.05, 4.69) is 174 Å². The average Bonchev–Trinajstić information content (AvgIpc) is 3.61. The van der Waals surface area contributed by atoms with Crippen molar-refractivity contribution in [3.05, 3.63) is 206 Å². The molecule has 4 nitrogen and oxygen atoms in total. The van der Waals surface area contributed by atoms with Gasteiger partial charge in [0.2, 0.25) is 0 Å². The zero-order valence-electron chi connectivity index (χ0n) is 29.9. The number of hydrogen-bond donors (Lipinski definition) is 0. The second-order valence-corrected chi connectivity index (χ2v) is 13.7. The van der Waals surface area contributed by atoms with Crippen molar-refractivity contribution in [3.63, 3.8) is 0 Å². The molecule has 258 valence electrons. The van der Waals surface area contributed by atoms with Crippen LogP contribution in [0.2, 0.25) is 0 Å². The highest BCUT2D eigenvalue weighted by molar-refractivity contribution is 6.11. The van der Waals surface area contributed by atoms with E-state index in [1.165, 1.54) is 38.5 Å². The molecule has 0 unspecified atom stereocenters. The zero-order chi connectivity index (χ0) is 36.6. The van der Waals surface area contributed by atoms with Gasteiger partial charge in [0, 0.05) is 33.0 Å². The summed E-state index contributed by atoms with van der Waals surface area (Å²) in [5, 5.41) is 2.46. The summed E-state index contributed by atoms with van der Waals surface area (Å²) in [6.07, 6.45) is 0. The Morgan fingerprint density at radius 3 is 1.29 bits per heavy atom. The number of para-hydroxylation sites is 2. The summed E-state index contributed by atoms with van der Waals surface area (Å²) in [4.78, 5) is 15.0. The van der Waals surface area contributed by atoms with E-state index in [1.54, 1.807) is 0 Å². The lowest BCUT2D eigenvalue weighted by Gasteiger charge is -2.15. The predicted molar refractivity (Wildman–Crippen MR) is 227 cm³/mol. The molecule has 0 saturated heterocycles. The van der Waals surface area contributed by atoms with E-state index in [0.29, 0.717) is 17.5 Å². The minimum atomic E-state index is 0.632. The van der Waals surface area contributed by atoms with Crippen molar-refractivity contribution in [3.8, 4) is 73.2 Å². The summed E-state index contributed by atoms with van der Waals surface area (Å²) in [5.74, 6) is 1.91. The molecule has 10 aromatic rings. The Morgan fingerprint density at radius 2 is 0.673 bits per heavy atom. The molecule has 2 aromatic heterocycles. The molecule has 0 aliphatic rings. The number of benzene rings is 8. The maximum Gasteiger partial charge on any atom is 0.164 e. The molecule has 0 spiro atoms. The Morgan fingerprint density at radius 1 is 0.273 bits per heavy atom. The van der Waals surface area contributed by atoms with E-state index in [0.717, 1.165) is 39.1 Å². The molecular weight excluding hydrogens is 669 g/mol. The van der Waals surface area contributed by atoms with Crippen LogP contribution in [-0.2, 0) is 0 Å². The molecule has 4 heteroatoms. The third-order valence-corrected chi connectivity index (χ3v) is 10.3. The number of nitrogens with zero attached hydrogens (tertiary/aromatic N) is 4. The van der Waals surface area contributed by atoms with Gasteiger partial charge >= 0.3 is 0 Å². The molecule has 0 atom stereocenters. The molecule has 0 bridgehead atoms. The molecular formula is C51H34N4. The summed E-state index contributed by atoms with van der Waals surface area (Å²) in [7, 11) is 0. The van der Waals surface area contributed by atoms with Crippen molar-refractivity contribution in [2.45, 2.75) is 0 Å². The van der Waals surface area contributed by atoms with E-state index in [4.69, 9.17) is 15.0 Å². The van der Waals surface area contributed by atoms with Crippen LogP contribution in [-0.4, -0.2) is 19.5 Å². The monoisotopic (exact) mass is 702 g/mol. The highest BCUT2D eigenvalue weighted by Gasteiger charge is 2.17. The molecule has 0 amide bonds. The van der Waals surface area contributed by atoms with Crippen molar-refractivity contribution in [2.24, 2.45) is 0 Å². The van der Waals surface area contributed by atoms with Crippen LogP contribution in [0.1, 0.15) is 0 Å². The SMILES string of the molecule is c1ccc(-c2ccc(-c3nc(-c4ccccc4)nc(-c4ccc(-c5ccccc5-n5c6ccccc6c6cc(-c7ccccc7)ccc65)cc4)n3)cc2)cc1. The largest absolute Gasteiger partial charge is 0.309 e. The van der Waals surface area contributed by atoms with E-state index in [-0.39, 0.29) is 0 Å². The predicted octanol–water partition coefficient (Wildman–Crippen LogP) is 13.0. The van der Waals surface area contributed by atoms with Crippen molar-refractivity contribution < 1.29 is 0 Å². The van der Waals surface area contributed by atoms with Crippen molar-refractivity contribution >= 4 is 21.8 Å². The van der Waals surface area contributed by atoms with Crippen LogP contribution < -0.4 is 0 Å². The van der Waals surface area contributed by atoms with Gasteiger partial charge in [-0.15, -0.1) is 0 Å². The molecule has 8 aromatic carbocycles. The zero-order valence-corrected chi connectivity index (χ0v) is 29.9. The summed E-state index contributed by atoms with van der Waals surface area (Å²) < 4.78 is 2.40. The van der Waals surface area contributed by atoms with Gasteiger partial charge < -0.3 is 4.57 Å². The van der Waals surface area contributed by atoms with E-state index in [9.17, 15) is 0 Å². The van der Waals surface area contributed by atoms with Gasteiger partial charge in [0.15, 0.2) is 17.5 Å². The number of hydrogen-bond acceptors (Lipinski definition) is 3. The molecule has 55 heavy (non-hydrogen) atoms. The van der Waals surface area contributed by atoms with Gasteiger partial charge in [-0.25, -0.2) is 15.0 Å². The van der Waals surface area contributed by atoms with Gasteiger partial charge in [-0.05, 0) is 52.1 Å². The van der Waals surface area contributed by atoms with E-state index < -0.39 is 0 Å². The second kappa shape index (κ2) is 13.8. The molecule has 0 N–H and O–H groups in total. The minimum absolute atomic E-state index is 0.632. The first kappa shape index (κ1) is 32.2. The summed E-state index contributed by atoms with van der Waals surface area (Å²) in [6, 6.07) is 72.3. The topological polar surface area (TPSA) is 43.6 Å². The van der Waals surface area contributed by atoms with Gasteiger partial charge in [-0.3, -0.25) is 0 Å². The van der Waals surface area contributed by atoms with Gasteiger partial charge in [0.1, 0.15) is 0 Å². The number of rotatable bonds is 7. The lowest BCUT2D eigenvalue weighted by atomic mass is 10.0. The standard InChI is InChI=1S/C51H34N4/c1-4-14-35(15-5-1)37-24-28-40(29-25-37)50-52-49(39-18-8-3-9-19-39)53-51(54-50)41-30-26-38(27-31-41)43-20-10-12-22-46(43)55-47-23-13-11-21-44(47)45-34-42(32-33-48(45)55)36-16-6-2-7-17-36/h1-34H. The van der Waals surface area contributed by atoms with Crippen LogP contribution in [0.5, 0.6) is 0 Å². The van der Waals surface area contributed by atoms with Crippen LogP contribution >= 0.6 is 0 Å². The van der Waals surface area contributed by atoms with Gasteiger partial charge in [0.25, 0.3) is 0 Å². The summed E-state index contributed by atoms with van der Waals surface area (Å²) in [5.41, 5.74) is 13.3. The fraction of sp³-hybridized carbons (Fsp3) is 0. The Labute approximate surface area is 319 Å². The third kappa shape index (κ3) is 6.06. The van der Waals surface area contributed by atoms with Crippen LogP contribution in [0.15, 0.2) is 206 Å². The first-order valence-corrected chi connectivity index (χ1v) is 18.5. The Kier molecular flexibility index (Phi) is 8.12. The maximum atomic E-state index is 5.03. The van der Waals surface area contributed by atoms with Crippen LogP contribution in [0.3, 0.4) is 0 Å². The lowest BCUT2D eigenvalue weighted by molar-refractivity contribution is 1.07. The highest BCUT2D eigenvalue weighted by atomic mass is 15.0. The molecule has 0 aliphatic heterocycles. The van der Waals surface area contributed by atoms with Crippen LogP contribution in [0.25, 0.3) is 95.0 Å². The average molecular weight is 703 g/mol. The Bertz CT molecular complexity index is 2930. The Balaban J connectivity index is 1.05. The third-order valence-electron chi connectivity index (χ3n) is 10.3. The second-order valence-electron chi connectivity index (χ2n) is 13.7. The maximum absolute atomic E-state index is 5.03. The molecule has 0 saturated carbocycles. The molecule has 0 fully saturated rings. The Hall–Kier alpha value is -7.43. The van der Waals surface area contributed by atoms with Crippen LogP contribution in [0.4, 0.5) is 0 Å². The molecule has 2 heterocycles. The van der Waals surface area contributed by atoms with Crippen molar-refractivity contribution in [1.82, 2.24) is 19.5 Å². The van der Waals surface area contributed by atoms with Gasteiger partial charge in [-0.1, -0.05) is 182 Å². The number of fused-ring (bicyclic) bond motifs is 3. The van der Waals surface area contributed by atoms with Crippen molar-refractivity contribution in [1.29, 1.82) is 0 Å². The summed E-state index contributed by atoms with van der Waals surface area (Å²) in [6.45, 7) is 0. The smallest absolute Gasteiger partial charge is 0.164 e.